The van der Waals surface area contributed by atoms with Gasteiger partial charge < -0.3 is 14.3 Å². The van der Waals surface area contributed by atoms with Gasteiger partial charge >= 0.3 is 0 Å². The highest BCUT2D eigenvalue weighted by molar-refractivity contribution is 5.94. The topological polar surface area (TPSA) is 68.3 Å². The number of aromatic nitrogens is 1. The van der Waals surface area contributed by atoms with E-state index in [0.717, 1.165) is 12.0 Å². The lowest BCUT2D eigenvalue weighted by Crippen LogP contribution is -2.34. The fourth-order valence-electron chi connectivity index (χ4n) is 1.63. The summed E-state index contributed by atoms with van der Waals surface area (Å²) in [6.45, 7) is 3.65. The summed E-state index contributed by atoms with van der Waals surface area (Å²) in [5.74, 6) is 0.359. The molecule has 0 aromatic carbocycles. The second-order valence-electron chi connectivity index (χ2n) is 4.01. The third-order valence-corrected chi connectivity index (χ3v) is 2.49. The number of furan rings is 1. The first-order valence-corrected chi connectivity index (χ1v) is 5.40. The Morgan fingerprint density at radius 2 is 2.41 bits per heavy atom. The average Bonchev–Trinajstić information content (AvgIpc) is 2.88. The van der Waals surface area contributed by atoms with Crippen molar-refractivity contribution in [3.05, 3.63) is 41.7 Å². The number of nitrogens with zero attached hydrogens (tertiary/aromatic N) is 1. The number of carbonyl (C=O) groups excluding carboxylic acids is 1. The van der Waals surface area contributed by atoms with Gasteiger partial charge in [0.1, 0.15) is 11.3 Å². The van der Waals surface area contributed by atoms with Gasteiger partial charge in [0.2, 0.25) is 0 Å². The van der Waals surface area contributed by atoms with Crippen LogP contribution in [0.1, 0.15) is 28.6 Å². The van der Waals surface area contributed by atoms with Crippen molar-refractivity contribution < 1.29 is 13.7 Å². The van der Waals surface area contributed by atoms with E-state index in [9.17, 15) is 4.79 Å². The van der Waals surface area contributed by atoms with E-state index in [1.54, 1.807) is 19.5 Å². The third kappa shape index (κ3) is 2.75. The van der Waals surface area contributed by atoms with Crippen LogP contribution in [0.2, 0.25) is 0 Å². The van der Waals surface area contributed by atoms with Gasteiger partial charge in [-0.1, -0.05) is 5.16 Å². The highest BCUT2D eigenvalue weighted by atomic mass is 16.5. The minimum Gasteiger partial charge on any atom is -0.472 e. The lowest BCUT2D eigenvalue weighted by Gasteiger charge is -2.11. The van der Waals surface area contributed by atoms with Crippen molar-refractivity contribution in [1.29, 1.82) is 0 Å². The van der Waals surface area contributed by atoms with E-state index in [1.807, 2.05) is 13.0 Å². The first kappa shape index (κ1) is 11.4. The number of rotatable bonds is 4. The van der Waals surface area contributed by atoms with Gasteiger partial charge in [0.15, 0.2) is 0 Å². The van der Waals surface area contributed by atoms with Crippen LogP contribution in [-0.2, 0) is 6.42 Å². The summed E-state index contributed by atoms with van der Waals surface area (Å²) in [6.07, 6.45) is 5.45. The molecule has 1 atom stereocenters. The standard InChI is InChI=1S/C12H14N2O3/c1-8(5-10-3-4-16-7-10)14-12(15)11-6-13-17-9(11)2/h3-4,6-8H,5H2,1-2H3,(H,14,15)/t8-/m1/s1. The van der Waals surface area contributed by atoms with Crippen LogP contribution in [0.25, 0.3) is 0 Å². The molecular formula is C12H14N2O3. The second-order valence-corrected chi connectivity index (χ2v) is 4.01. The molecule has 0 spiro atoms. The number of aryl methyl sites for hydroxylation is 1. The summed E-state index contributed by atoms with van der Waals surface area (Å²) in [5.41, 5.74) is 1.53. The highest BCUT2D eigenvalue weighted by Gasteiger charge is 2.15. The molecule has 0 radical (unpaired) electrons. The van der Waals surface area contributed by atoms with E-state index < -0.39 is 0 Å². The van der Waals surface area contributed by atoms with E-state index in [4.69, 9.17) is 8.94 Å². The second kappa shape index (κ2) is 4.86. The number of carbonyl (C=O) groups is 1. The number of hydrogen-bond acceptors (Lipinski definition) is 4. The Morgan fingerprint density at radius 3 is 3.00 bits per heavy atom. The summed E-state index contributed by atoms with van der Waals surface area (Å²) in [4.78, 5) is 11.8. The zero-order valence-electron chi connectivity index (χ0n) is 9.77. The Hall–Kier alpha value is -2.04. The van der Waals surface area contributed by atoms with Crippen LogP contribution >= 0.6 is 0 Å². The predicted octanol–water partition coefficient (Wildman–Crippen LogP) is 1.94. The summed E-state index contributed by atoms with van der Waals surface area (Å²) in [5, 5.41) is 6.46. The minimum absolute atomic E-state index is 0.0226. The zero-order chi connectivity index (χ0) is 12.3. The van der Waals surface area contributed by atoms with E-state index in [1.165, 1.54) is 6.20 Å². The molecule has 0 bridgehead atoms. The number of amides is 1. The van der Waals surface area contributed by atoms with Gasteiger partial charge in [-0.25, -0.2) is 0 Å². The Kier molecular flexibility index (Phi) is 3.27. The quantitative estimate of drug-likeness (QED) is 0.877. The van der Waals surface area contributed by atoms with Gasteiger partial charge in [-0.2, -0.15) is 0 Å². The van der Waals surface area contributed by atoms with Crippen molar-refractivity contribution in [2.24, 2.45) is 0 Å². The van der Waals surface area contributed by atoms with Crippen molar-refractivity contribution in [1.82, 2.24) is 10.5 Å². The molecule has 0 saturated heterocycles. The van der Waals surface area contributed by atoms with E-state index in [0.29, 0.717) is 11.3 Å². The fraction of sp³-hybridized carbons (Fsp3) is 0.333. The SMILES string of the molecule is Cc1oncc1C(=O)N[C@H](C)Cc1ccoc1. The minimum atomic E-state index is -0.167. The average molecular weight is 234 g/mol. The lowest BCUT2D eigenvalue weighted by molar-refractivity contribution is 0.0938. The molecule has 1 amide bonds. The third-order valence-electron chi connectivity index (χ3n) is 2.49. The van der Waals surface area contributed by atoms with Crippen molar-refractivity contribution in [2.75, 3.05) is 0 Å². The Morgan fingerprint density at radius 1 is 1.59 bits per heavy atom. The summed E-state index contributed by atoms with van der Waals surface area (Å²) >= 11 is 0. The molecular weight excluding hydrogens is 220 g/mol. The normalized spacial score (nSPS) is 12.4. The van der Waals surface area contributed by atoms with Crippen LogP contribution in [0.3, 0.4) is 0 Å². The van der Waals surface area contributed by atoms with Crippen LogP contribution in [0.5, 0.6) is 0 Å². The Bertz CT molecular complexity index is 488. The molecule has 2 aromatic rings. The van der Waals surface area contributed by atoms with E-state index >= 15 is 0 Å². The van der Waals surface area contributed by atoms with Crippen LogP contribution in [0, 0.1) is 6.92 Å². The fourth-order valence-corrected chi connectivity index (χ4v) is 1.63. The van der Waals surface area contributed by atoms with Crippen molar-refractivity contribution >= 4 is 5.91 Å². The van der Waals surface area contributed by atoms with Gasteiger partial charge in [-0.05, 0) is 31.9 Å². The molecule has 2 aromatic heterocycles. The lowest BCUT2D eigenvalue weighted by atomic mass is 10.1. The zero-order valence-corrected chi connectivity index (χ0v) is 9.77. The Balaban J connectivity index is 1.93. The van der Waals surface area contributed by atoms with Crippen LogP contribution in [0.4, 0.5) is 0 Å². The molecule has 2 rings (SSSR count). The maximum absolute atomic E-state index is 11.8. The highest BCUT2D eigenvalue weighted by Crippen LogP contribution is 2.08. The van der Waals surface area contributed by atoms with Crippen LogP contribution in [-0.4, -0.2) is 17.1 Å². The van der Waals surface area contributed by atoms with Gasteiger partial charge in [0, 0.05) is 6.04 Å². The molecule has 90 valence electrons. The monoisotopic (exact) mass is 234 g/mol. The van der Waals surface area contributed by atoms with Gasteiger partial charge in [0.05, 0.1) is 18.7 Å². The molecule has 0 fully saturated rings. The number of nitrogens with one attached hydrogen (secondary N) is 1. The molecule has 0 aliphatic rings. The van der Waals surface area contributed by atoms with E-state index in [-0.39, 0.29) is 11.9 Å². The van der Waals surface area contributed by atoms with Crippen molar-refractivity contribution in [2.45, 2.75) is 26.3 Å². The summed E-state index contributed by atoms with van der Waals surface area (Å²) in [6, 6.07) is 1.90. The summed E-state index contributed by atoms with van der Waals surface area (Å²) in [7, 11) is 0. The molecule has 1 N–H and O–H groups in total. The first-order valence-electron chi connectivity index (χ1n) is 5.40. The molecule has 2 heterocycles. The molecule has 0 aliphatic carbocycles. The maximum Gasteiger partial charge on any atom is 0.256 e. The van der Waals surface area contributed by atoms with Crippen LogP contribution in [0.15, 0.2) is 33.7 Å². The Labute approximate surface area is 98.8 Å². The molecule has 17 heavy (non-hydrogen) atoms. The molecule has 5 nitrogen and oxygen atoms in total. The van der Waals surface area contributed by atoms with Gasteiger partial charge in [0.25, 0.3) is 5.91 Å². The van der Waals surface area contributed by atoms with Crippen molar-refractivity contribution in [3.8, 4) is 0 Å². The predicted molar refractivity (Wildman–Crippen MR) is 60.6 cm³/mol. The van der Waals surface area contributed by atoms with Gasteiger partial charge in [-0.15, -0.1) is 0 Å². The molecule has 0 saturated carbocycles. The molecule has 0 aliphatic heterocycles. The van der Waals surface area contributed by atoms with Gasteiger partial charge in [-0.3, -0.25) is 4.79 Å². The largest absolute Gasteiger partial charge is 0.472 e. The molecule has 5 heteroatoms. The summed E-state index contributed by atoms with van der Waals surface area (Å²) < 4.78 is 9.82. The van der Waals surface area contributed by atoms with Crippen LogP contribution < -0.4 is 5.32 Å². The maximum atomic E-state index is 11.8. The smallest absolute Gasteiger partial charge is 0.256 e. The first-order chi connectivity index (χ1) is 8.16. The molecule has 0 unspecified atom stereocenters. The van der Waals surface area contributed by atoms with Crippen molar-refractivity contribution in [3.63, 3.8) is 0 Å². The van der Waals surface area contributed by atoms with E-state index in [2.05, 4.69) is 10.5 Å². The number of hydrogen-bond donors (Lipinski definition) is 1.